The van der Waals surface area contributed by atoms with Gasteiger partial charge in [0.15, 0.2) is 6.61 Å². The third kappa shape index (κ3) is 7.48. The minimum atomic E-state index is -0.650. The Labute approximate surface area is 138 Å². The minimum absolute atomic E-state index is 0.0585. The third-order valence-electron chi connectivity index (χ3n) is 2.97. The lowest BCUT2D eigenvalue weighted by molar-refractivity contribution is -0.152. The molecule has 0 heterocycles. The number of carbonyl (C=O) groups excluding carboxylic acids is 4. The quantitative estimate of drug-likeness (QED) is 0.718. The number of nitrogens with zero attached hydrogens (tertiary/aromatic N) is 1. The summed E-state index contributed by atoms with van der Waals surface area (Å²) in [4.78, 5) is 46.7. The number of ether oxygens (including phenoxy) is 1. The highest BCUT2D eigenvalue weighted by atomic mass is 19.1. The Bertz CT molecular complexity index is 615. The largest absolute Gasteiger partial charge is 0.456 e. The minimum Gasteiger partial charge on any atom is -0.456 e. The molecule has 0 aliphatic rings. The summed E-state index contributed by atoms with van der Waals surface area (Å²) in [5, 5.41) is 2.51. The van der Waals surface area contributed by atoms with Crippen molar-refractivity contribution in [3.63, 3.8) is 0 Å². The predicted molar refractivity (Wildman–Crippen MR) is 83.5 cm³/mol. The highest BCUT2D eigenvalue weighted by Gasteiger charge is 2.15. The zero-order valence-corrected chi connectivity index (χ0v) is 13.5. The van der Waals surface area contributed by atoms with Gasteiger partial charge in [0.1, 0.15) is 11.6 Å². The number of hydrogen-bond donors (Lipinski definition) is 1. The van der Waals surface area contributed by atoms with Crippen LogP contribution in [0.4, 0.5) is 10.1 Å². The van der Waals surface area contributed by atoms with Crippen molar-refractivity contribution in [3.05, 3.63) is 30.1 Å². The van der Waals surface area contributed by atoms with Gasteiger partial charge in [-0.15, -0.1) is 0 Å². The Morgan fingerprint density at radius 3 is 2.33 bits per heavy atom. The molecule has 0 aliphatic heterocycles. The number of nitrogens with one attached hydrogen (secondary N) is 1. The van der Waals surface area contributed by atoms with Crippen LogP contribution in [0.2, 0.25) is 0 Å². The SMILES string of the molecule is CC(=O)CCC(=O)OCC(=O)N(C)CC(=O)Nc1ccc(F)cc1. The topological polar surface area (TPSA) is 92.8 Å². The first kappa shape index (κ1) is 19.3. The van der Waals surface area contributed by atoms with Gasteiger partial charge in [0.05, 0.1) is 13.0 Å². The van der Waals surface area contributed by atoms with Crippen molar-refractivity contribution in [2.75, 3.05) is 25.5 Å². The summed E-state index contributed by atoms with van der Waals surface area (Å²) in [6.07, 6.45) is -0.0275. The number of Topliss-reactive ketones (excluding diaryl/α,β-unsaturated/α-hetero) is 1. The molecular formula is C16H19FN2O5. The molecule has 0 fully saturated rings. The van der Waals surface area contributed by atoms with Crippen LogP contribution < -0.4 is 5.32 Å². The van der Waals surface area contributed by atoms with Crippen molar-refractivity contribution in [2.45, 2.75) is 19.8 Å². The number of rotatable bonds is 8. The summed E-state index contributed by atoms with van der Waals surface area (Å²) in [5.41, 5.74) is 0.401. The fourth-order valence-electron chi connectivity index (χ4n) is 1.64. The van der Waals surface area contributed by atoms with E-state index in [1.54, 1.807) is 0 Å². The van der Waals surface area contributed by atoms with Crippen molar-refractivity contribution < 1.29 is 28.3 Å². The van der Waals surface area contributed by atoms with Gasteiger partial charge in [-0.1, -0.05) is 0 Å². The van der Waals surface area contributed by atoms with Crippen LogP contribution in [-0.2, 0) is 23.9 Å². The van der Waals surface area contributed by atoms with Crippen LogP contribution in [-0.4, -0.2) is 48.7 Å². The summed E-state index contributed by atoms with van der Waals surface area (Å²) < 4.78 is 17.5. The average molecular weight is 338 g/mol. The second-order valence-electron chi connectivity index (χ2n) is 5.17. The zero-order valence-electron chi connectivity index (χ0n) is 13.5. The summed E-state index contributed by atoms with van der Waals surface area (Å²) in [6, 6.07) is 5.19. The lowest BCUT2D eigenvalue weighted by Gasteiger charge is -2.16. The molecule has 0 radical (unpaired) electrons. The normalized spacial score (nSPS) is 9.96. The zero-order chi connectivity index (χ0) is 18.1. The van der Waals surface area contributed by atoms with Crippen LogP contribution in [0.1, 0.15) is 19.8 Å². The fourth-order valence-corrected chi connectivity index (χ4v) is 1.64. The number of halogens is 1. The number of esters is 1. The Morgan fingerprint density at radius 2 is 1.75 bits per heavy atom. The van der Waals surface area contributed by atoms with Crippen molar-refractivity contribution in [3.8, 4) is 0 Å². The highest BCUT2D eigenvalue weighted by Crippen LogP contribution is 2.08. The van der Waals surface area contributed by atoms with Crippen LogP contribution >= 0.6 is 0 Å². The van der Waals surface area contributed by atoms with E-state index in [1.165, 1.54) is 38.2 Å². The van der Waals surface area contributed by atoms with Crippen LogP contribution in [0.15, 0.2) is 24.3 Å². The van der Waals surface area contributed by atoms with Gasteiger partial charge in [0, 0.05) is 19.2 Å². The average Bonchev–Trinajstić information content (AvgIpc) is 2.52. The molecule has 0 spiro atoms. The molecule has 1 aromatic carbocycles. The van der Waals surface area contributed by atoms with Gasteiger partial charge in [-0.3, -0.25) is 14.4 Å². The number of carbonyl (C=O) groups is 4. The van der Waals surface area contributed by atoms with E-state index in [0.29, 0.717) is 5.69 Å². The first-order chi connectivity index (χ1) is 11.3. The van der Waals surface area contributed by atoms with Crippen LogP contribution in [0.5, 0.6) is 0 Å². The Morgan fingerprint density at radius 1 is 1.12 bits per heavy atom. The van der Waals surface area contributed by atoms with Crippen LogP contribution in [0.25, 0.3) is 0 Å². The van der Waals surface area contributed by atoms with Gasteiger partial charge in [0.2, 0.25) is 5.91 Å². The second-order valence-corrected chi connectivity index (χ2v) is 5.17. The van der Waals surface area contributed by atoms with Gasteiger partial charge in [-0.2, -0.15) is 0 Å². The molecule has 0 atom stereocenters. The first-order valence-electron chi connectivity index (χ1n) is 7.22. The molecule has 130 valence electrons. The smallest absolute Gasteiger partial charge is 0.306 e. The highest BCUT2D eigenvalue weighted by molar-refractivity contribution is 5.94. The van der Waals surface area contributed by atoms with E-state index in [1.807, 2.05) is 0 Å². The molecular weight excluding hydrogens is 319 g/mol. The third-order valence-corrected chi connectivity index (χ3v) is 2.97. The van der Waals surface area contributed by atoms with E-state index >= 15 is 0 Å². The predicted octanol–water partition coefficient (Wildman–Crippen LogP) is 1.13. The lowest BCUT2D eigenvalue weighted by Crippen LogP contribution is -2.37. The molecule has 0 aliphatic carbocycles. The summed E-state index contributed by atoms with van der Waals surface area (Å²) >= 11 is 0. The second kappa shape index (κ2) is 9.39. The number of likely N-dealkylation sites (N-methyl/N-ethyl adjacent to an activating group) is 1. The molecule has 0 unspecified atom stereocenters. The number of amides is 2. The molecule has 24 heavy (non-hydrogen) atoms. The molecule has 8 heteroatoms. The van der Waals surface area contributed by atoms with Gasteiger partial charge in [-0.25, -0.2) is 4.39 Å². The van der Waals surface area contributed by atoms with Crippen molar-refractivity contribution in [2.24, 2.45) is 0 Å². The van der Waals surface area contributed by atoms with Gasteiger partial charge in [0.25, 0.3) is 5.91 Å². The number of ketones is 1. The summed E-state index contributed by atoms with van der Waals surface area (Å²) in [6.45, 7) is 0.601. The van der Waals surface area contributed by atoms with Gasteiger partial charge >= 0.3 is 5.97 Å². The number of benzene rings is 1. The Hall–Kier alpha value is -2.77. The van der Waals surface area contributed by atoms with E-state index in [9.17, 15) is 23.6 Å². The molecule has 0 aromatic heterocycles. The van der Waals surface area contributed by atoms with Gasteiger partial charge < -0.3 is 19.7 Å². The molecule has 7 nitrogen and oxygen atoms in total. The molecule has 1 N–H and O–H groups in total. The van der Waals surface area contributed by atoms with Crippen molar-refractivity contribution >= 4 is 29.3 Å². The van der Waals surface area contributed by atoms with Crippen LogP contribution in [0, 0.1) is 5.82 Å². The van der Waals surface area contributed by atoms with E-state index < -0.39 is 30.2 Å². The molecule has 1 rings (SSSR count). The maximum atomic E-state index is 12.8. The van der Waals surface area contributed by atoms with E-state index in [4.69, 9.17) is 4.74 Å². The lowest BCUT2D eigenvalue weighted by atomic mass is 10.2. The molecule has 0 bridgehead atoms. The van der Waals surface area contributed by atoms with Crippen molar-refractivity contribution in [1.29, 1.82) is 0 Å². The maximum Gasteiger partial charge on any atom is 0.306 e. The van der Waals surface area contributed by atoms with Crippen molar-refractivity contribution in [1.82, 2.24) is 4.90 Å². The summed E-state index contributed by atoms with van der Waals surface area (Å²) in [7, 11) is 1.38. The molecule has 1 aromatic rings. The first-order valence-corrected chi connectivity index (χ1v) is 7.22. The maximum absolute atomic E-state index is 12.8. The molecule has 0 saturated heterocycles. The van der Waals surface area contributed by atoms with E-state index in [-0.39, 0.29) is 25.2 Å². The fraction of sp³-hybridized carbons (Fsp3) is 0.375. The van der Waals surface area contributed by atoms with E-state index in [2.05, 4.69) is 5.32 Å². The molecule has 2 amide bonds. The Balaban J connectivity index is 2.34. The standard InChI is InChI=1S/C16H19FN2O5/c1-11(20)3-8-16(23)24-10-15(22)19(2)9-14(21)18-13-6-4-12(17)5-7-13/h4-7H,3,8-10H2,1-2H3,(H,18,21). The number of hydrogen-bond acceptors (Lipinski definition) is 5. The van der Waals surface area contributed by atoms with Gasteiger partial charge in [-0.05, 0) is 31.2 Å². The summed E-state index contributed by atoms with van der Waals surface area (Å²) in [5.74, 6) is -2.25. The number of anilines is 1. The van der Waals surface area contributed by atoms with Crippen LogP contribution in [0.3, 0.4) is 0 Å². The molecule has 0 saturated carbocycles. The Kier molecular flexibility index (Phi) is 7.54. The van der Waals surface area contributed by atoms with E-state index in [0.717, 1.165) is 4.90 Å². The monoisotopic (exact) mass is 338 g/mol.